The number of likely N-dealkylation sites (tertiary alicyclic amines) is 1. The minimum atomic E-state index is -2.61. The van der Waals surface area contributed by atoms with Crippen LogP contribution in [0.2, 0.25) is 0 Å². The SMILES string of the molecule is [2H]C1([2H])C[C@H](c2cc(F)ccc2F)N(c2ccn3ncc(NC(=O)N4CC[C@H](O)C4)c3n2)C1([2H])[2H]. The molecule has 2 fully saturated rings. The molecule has 8 nitrogen and oxygen atoms in total. The molecule has 5 rings (SSSR count). The lowest BCUT2D eigenvalue weighted by molar-refractivity contribution is 0.176. The first-order valence-corrected chi connectivity index (χ1v) is 9.80. The Hall–Kier alpha value is -3.27. The largest absolute Gasteiger partial charge is 0.391 e. The lowest BCUT2D eigenvalue weighted by atomic mass is 10.0. The highest BCUT2D eigenvalue weighted by Crippen LogP contribution is 2.37. The summed E-state index contributed by atoms with van der Waals surface area (Å²) >= 11 is 0. The molecule has 0 radical (unpaired) electrons. The van der Waals surface area contributed by atoms with Gasteiger partial charge in [0.25, 0.3) is 0 Å². The number of hydrogen-bond acceptors (Lipinski definition) is 5. The number of anilines is 2. The predicted octanol–water partition coefficient (Wildman–Crippen LogP) is 2.95. The Morgan fingerprint density at radius 3 is 2.97 bits per heavy atom. The van der Waals surface area contributed by atoms with Gasteiger partial charge in [-0.3, -0.25) is 0 Å². The van der Waals surface area contributed by atoms with Crippen LogP contribution in [0.1, 0.15) is 36.3 Å². The molecule has 2 atom stereocenters. The highest BCUT2D eigenvalue weighted by molar-refractivity contribution is 5.93. The number of nitrogens with one attached hydrogen (secondary N) is 1. The molecule has 0 saturated carbocycles. The molecule has 0 aliphatic carbocycles. The molecule has 4 heterocycles. The second-order valence-electron chi connectivity index (χ2n) is 7.48. The molecule has 31 heavy (non-hydrogen) atoms. The summed E-state index contributed by atoms with van der Waals surface area (Å²) in [6.07, 6.45) is -0.157. The number of amides is 2. The maximum Gasteiger partial charge on any atom is 0.322 e. The number of aliphatic hydroxyl groups excluding tert-OH is 1. The fourth-order valence-electron chi connectivity index (χ4n) is 3.83. The van der Waals surface area contributed by atoms with E-state index < -0.39 is 49.1 Å². The number of aromatic nitrogens is 3. The zero-order valence-corrected chi connectivity index (χ0v) is 16.3. The van der Waals surface area contributed by atoms with Gasteiger partial charge in [-0.2, -0.15) is 5.10 Å². The summed E-state index contributed by atoms with van der Waals surface area (Å²) in [5, 5.41) is 16.5. The smallest absolute Gasteiger partial charge is 0.322 e. The van der Waals surface area contributed by atoms with Crippen LogP contribution < -0.4 is 10.2 Å². The van der Waals surface area contributed by atoms with Gasteiger partial charge in [0, 0.05) is 36.8 Å². The van der Waals surface area contributed by atoms with Gasteiger partial charge >= 0.3 is 6.03 Å². The number of carbonyl (C=O) groups is 1. The van der Waals surface area contributed by atoms with Crippen molar-refractivity contribution in [1.82, 2.24) is 19.5 Å². The second kappa shape index (κ2) is 7.77. The molecule has 2 aliphatic heterocycles. The summed E-state index contributed by atoms with van der Waals surface area (Å²) in [7, 11) is 0. The average Bonchev–Trinajstić information content (AvgIpc) is 3.45. The Morgan fingerprint density at radius 1 is 1.29 bits per heavy atom. The lowest BCUT2D eigenvalue weighted by Gasteiger charge is -2.26. The van der Waals surface area contributed by atoms with Gasteiger partial charge < -0.3 is 20.2 Å². The third-order valence-corrected chi connectivity index (χ3v) is 5.42. The van der Waals surface area contributed by atoms with Gasteiger partial charge in [-0.15, -0.1) is 0 Å². The third-order valence-electron chi connectivity index (χ3n) is 5.42. The van der Waals surface area contributed by atoms with E-state index in [2.05, 4.69) is 15.4 Å². The van der Waals surface area contributed by atoms with E-state index in [0.717, 1.165) is 23.1 Å². The van der Waals surface area contributed by atoms with Crippen LogP contribution in [0.15, 0.2) is 36.7 Å². The Morgan fingerprint density at radius 2 is 2.16 bits per heavy atom. The Labute approximate surface area is 182 Å². The summed E-state index contributed by atoms with van der Waals surface area (Å²) in [5.74, 6) is -1.56. The summed E-state index contributed by atoms with van der Waals surface area (Å²) < 4.78 is 63.5. The molecule has 2 N–H and O–H groups in total. The maximum absolute atomic E-state index is 14.7. The van der Waals surface area contributed by atoms with Crippen molar-refractivity contribution < 1.29 is 24.2 Å². The van der Waals surface area contributed by atoms with Crippen molar-refractivity contribution in [2.75, 3.05) is 29.8 Å². The molecule has 3 aromatic rings. The van der Waals surface area contributed by atoms with Crippen LogP contribution in [0, 0.1) is 11.6 Å². The summed E-state index contributed by atoms with van der Waals surface area (Å²) in [6.45, 7) is -2.04. The zero-order chi connectivity index (χ0) is 25.1. The third kappa shape index (κ3) is 3.67. The van der Waals surface area contributed by atoms with E-state index in [-0.39, 0.29) is 29.3 Å². The van der Waals surface area contributed by atoms with E-state index in [1.807, 2.05) is 0 Å². The van der Waals surface area contributed by atoms with E-state index in [4.69, 9.17) is 5.48 Å². The molecule has 0 bridgehead atoms. The number of halogens is 2. The number of nitrogens with zero attached hydrogens (tertiary/aromatic N) is 5. The minimum absolute atomic E-state index is 0.0369. The minimum Gasteiger partial charge on any atom is -0.391 e. The first kappa shape index (κ1) is 15.5. The van der Waals surface area contributed by atoms with Crippen molar-refractivity contribution in [3.8, 4) is 0 Å². The van der Waals surface area contributed by atoms with Crippen LogP contribution in [-0.2, 0) is 0 Å². The monoisotopic (exact) mass is 432 g/mol. The Bertz CT molecular complexity index is 1310. The Kier molecular flexibility index (Phi) is 3.89. The number of rotatable bonds is 3. The first-order valence-electron chi connectivity index (χ1n) is 11.8. The molecular weight excluding hydrogens is 406 g/mol. The van der Waals surface area contributed by atoms with Crippen LogP contribution in [0.3, 0.4) is 0 Å². The van der Waals surface area contributed by atoms with Gasteiger partial charge in [-0.05, 0) is 43.5 Å². The fraction of sp³-hybridized carbons (Fsp3) is 0.381. The standard InChI is InChI=1S/C21H22F2N6O2/c22-13-3-4-16(23)15(10-13)18-2-1-7-28(18)19-6-9-29-20(26-19)17(11-24-29)25-21(31)27-8-5-14(30)12-27/h3-4,6,9-11,14,18,30H,1-2,5,7-8,12H2,(H,25,31)/t14-,18+/m0/s1/i1D2,7D2. The average molecular weight is 432 g/mol. The molecular formula is C21H22F2N6O2. The molecule has 162 valence electrons. The number of urea groups is 1. The van der Waals surface area contributed by atoms with Crippen LogP contribution in [0.4, 0.5) is 25.1 Å². The second-order valence-corrected chi connectivity index (χ2v) is 7.48. The number of fused-ring (bicyclic) bond motifs is 1. The highest BCUT2D eigenvalue weighted by Gasteiger charge is 2.30. The fourth-order valence-corrected chi connectivity index (χ4v) is 3.83. The molecule has 2 saturated heterocycles. The van der Waals surface area contributed by atoms with Crippen LogP contribution >= 0.6 is 0 Å². The summed E-state index contributed by atoms with van der Waals surface area (Å²) in [4.78, 5) is 19.4. The van der Waals surface area contributed by atoms with Gasteiger partial charge in [0.05, 0.1) is 18.3 Å². The van der Waals surface area contributed by atoms with E-state index in [1.165, 1.54) is 27.9 Å². The molecule has 10 heteroatoms. The van der Waals surface area contributed by atoms with Gasteiger partial charge in [0.1, 0.15) is 23.1 Å². The molecule has 0 spiro atoms. The van der Waals surface area contributed by atoms with Gasteiger partial charge in [-0.1, -0.05) is 0 Å². The zero-order valence-electron chi connectivity index (χ0n) is 20.3. The molecule has 2 aliphatic rings. The van der Waals surface area contributed by atoms with Gasteiger partial charge in [0.2, 0.25) is 0 Å². The highest BCUT2D eigenvalue weighted by atomic mass is 19.1. The topological polar surface area (TPSA) is 86.0 Å². The molecule has 0 unspecified atom stereocenters. The van der Waals surface area contributed by atoms with E-state index in [9.17, 15) is 18.7 Å². The summed E-state index contributed by atoms with van der Waals surface area (Å²) in [6, 6.07) is 2.53. The molecule has 1 aromatic carbocycles. The van der Waals surface area contributed by atoms with E-state index >= 15 is 0 Å². The first-order chi connectivity index (χ1) is 16.5. The van der Waals surface area contributed by atoms with Crippen LogP contribution in [0.5, 0.6) is 0 Å². The van der Waals surface area contributed by atoms with E-state index in [1.54, 1.807) is 0 Å². The van der Waals surface area contributed by atoms with Crippen molar-refractivity contribution in [3.05, 3.63) is 53.9 Å². The quantitative estimate of drug-likeness (QED) is 0.665. The number of benzene rings is 1. The number of β-amino-alcohol motifs (C(OH)–C–C–N with tert-alkyl or cyclic N) is 1. The van der Waals surface area contributed by atoms with Crippen molar-refractivity contribution in [3.63, 3.8) is 0 Å². The number of hydrogen-bond donors (Lipinski definition) is 2. The molecule has 2 amide bonds. The predicted molar refractivity (Wildman–Crippen MR) is 110 cm³/mol. The van der Waals surface area contributed by atoms with Crippen molar-refractivity contribution >= 4 is 23.2 Å². The van der Waals surface area contributed by atoms with Crippen molar-refractivity contribution in [1.29, 1.82) is 0 Å². The number of aliphatic hydroxyl groups is 1. The number of carbonyl (C=O) groups excluding carboxylic acids is 1. The van der Waals surface area contributed by atoms with Crippen LogP contribution in [0.25, 0.3) is 5.65 Å². The van der Waals surface area contributed by atoms with Crippen molar-refractivity contribution in [2.24, 2.45) is 0 Å². The van der Waals surface area contributed by atoms with E-state index in [0.29, 0.717) is 13.0 Å². The normalized spacial score (nSPS) is 26.4. The maximum atomic E-state index is 14.7. The summed E-state index contributed by atoms with van der Waals surface area (Å²) in [5.41, 5.74) is 0.179. The molecule has 2 aromatic heterocycles. The van der Waals surface area contributed by atoms with Gasteiger partial charge in [0.15, 0.2) is 5.65 Å². The Balaban J connectivity index is 1.55. The van der Waals surface area contributed by atoms with Gasteiger partial charge in [-0.25, -0.2) is 23.1 Å². The lowest BCUT2D eigenvalue weighted by Crippen LogP contribution is -2.33. The van der Waals surface area contributed by atoms with Crippen molar-refractivity contribution in [2.45, 2.75) is 31.4 Å². The van der Waals surface area contributed by atoms with Crippen LogP contribution in [-0.4, -0.2) is 56.3 Å².